The average molecular weight is 218 g/mol. The molecule has 1 N–H and O–H groups in total. The third-order valence-electron chi connectivity index (χ3n) is 2.23. The molecule has 1 unspecified atom stereocenters. The molecule has 16 heavy (non-hydrogen) atoms. The maximum absolute atomic E-state index is 13.3. The molecule has 0 aliphatic rings. The van der Waals surface area contributed by atoms with Crippen LogP contribution in [0.5, 0.6) is 0 Å². The number of aliphatic hydroxyl groups is 1. The molecule has 0 saturated heterocycles. The molecule has 2 rings (SSSR count). The summed E-state index contributed by atoms with van der Waals surface area (Å²) in [6, 6.07) is 8.17. The molecule has 0 amide bonds. The Morgan fingerprint density at radius 3 is 2.62 bits per heavy atom. The van der Waals surface area contributed by atoms with Crippen LogP contribution in [0.1, 0.15) is 17.5 Å². The Morgan fingerprint density at radius 1 is 1.12 bits per heavy atom. The van der Waals surface area contributed by atoms with Crippen molar-refractivity contribution >= 4 is 0 Å². The number of aliphatic hydroxyl groups excluding tert-OH is 1. The molecule has 2 aromatic heterocycles. The van der Waals surface area contributed by atoms with E-state index in [1.54, 1.807) is 18.3 Å². The molecule has 4 heteroatoms. The first-order valence-electron chi connectivity index (χ1n) is 4.96. The van der Waals surface area contributed by atoms with Crippen LogP contribution < -0.4 is 0 Å². The first-order chi connectivity index (χ1) is 7.77. The lowest BCUT2D eigenvalue weighted by molar-refractivity contribution is 0.167. The maximum atomic E-state index is 13.3. The fraction of sp³-hybridized carbons (Fsp3) is 0.167. The van der Waals surface area contributed by atoms with Gasteiger partial charge in [0.1, 0.15) is 17.6 Å². The molecule has 0 aliphatic heterocycles. The zero-order valence-corrected chi connectivity index (χ0v) is 8.55. The average Bonchev–Trinajstić information content (AvgIpc) is 2.31. The fourth-order valence-corrected chi connectivity index (χ4v) is 1.46. The van der Waals surface area contributed by atoms with E-state index in [4.69, 9.17) is 0 Å². The second-order valence-corrected chi connectivity index (χ2v) is 3.41. The quantitative estimate of drug-likeness (QED) is 0.855. The Balaban J connectivity index is 2.15. The summed E-state index contributed by atoms with van der Waals surface area (Å²) in [5.41, 5.74) is 0.771. The minimum atomic E-state index is -0.962. The normalized spacial score (nSPS) is 12.4. The maximum Gasteiger partial charge on any atom is 0.147 e. The summed E-state index contributed by atoms with van der Waals surface area (Å²) in [7, 11) is 0. The van der Waals surface area contributed by atoms with Crippen LogP contribution in [0.2, 0.25) is 0 Å². The summed E-state index contributed by atoms with van der Waals surface area (Å²) in [4.78, 5) is 7.89. The molecular weight excluding hydrogens is 207 g/mol. The Hall–Kier alpha value is -1.81. The minimum absolute atomic E-state index is 0.0631. The van der Waals surface area contributed by atoms with Gasteiger partial charge in [0, 0.05) is 24.5 Å². The summed E-state index contributed by atoms with van der Waals surface area (Å²) < 4.78 is 13.3. The standard InChI is InChI=1S/C12H11FN2O/c13-10-5-3-7-15-12(10)11(16)8-9-4-1-2-6-14-9/h1-7,11,16H,8H2. The van der Waals surface area contributed by atoms with Gasteiger partial charge in [-0.1, -0.05) is 6.07 Å². The number of hydrogen-bond acceptors (Lipinski definition) is 3. The zero-order valence-electron chi connectivity index (χ0n) is 8.55. The van der Waals surface area contributed by atoms with Crippen molar-refractivity contribution in [2.75, 3.05) is 0 Å². The topological polar surface area (TPSA) is 46.0 Å². The Labute approximate surface area is 92.6 Å². The van der Waals surface area contributed by atoms with Gasteiger partial charge in [-0.15, -0.1) is 0 Å². The molecule has 0 saturated carbocycles. The van der Waals surface area contributed by atoms with Crippen molar-refractivity contribution in [1.29, 1.82) is 0 Å². The van der Waals surface area contributed by atoms with Crippen LogP contribution in [0.25, 0.3) is 0 Å². The molecule has 0 bridgehead atoms. The van der Waals surface area contributed by atoms with Crippen LogP contribution in [-0.4, -0.2) is 15.1 Å². The van der Waals surface area contributed by atoms with E-state index in [2.05, 4.69) is 9.97 Å². The highest BCUT2D eigenvalue weighted by molar-refractivity contribution is 5.13. The summed E-state index contributed by atoms with van der Waals surface area (Å²) in [6.07, 6.45) is 2.39. The number of aromatic nitrogens is 2. The van der Waals surface area contributed by atoms with Crippen LogP contribution in [-0.2, 0) is 6.42 Å². The second-order valence-electron chi connectivity index (χ2n) is 3.41. The lowest BCUT2D eigenvalue weighted by Crippen LogP contribution is -2.07. The number of pyridine rings is 2. The van der Waals surface area contributed by atoms with Crippen LogP contribution in [0.4, 0.5) is 4.39 Å². The van der Waals surface area contributed by atoms with Gasteiger partial charge in [-0.3, -0.25) is 9.97 Å². The molecule has 82 valence electrons. The van der Waals surface area contributed by atoms with Crippen molar-refractivity contribution in [2.24, 2.45) is 0 Å². The van der Waals surface area contributed by atoms with E-state index in [0.29, 0.717) is 5.69 Å². The molecule has 0 radical (unpaired) electrons. The predicted molar refractivity (Wildman–Crippen MR) is 57.1 cm³/mol. The fourth-order valence-electron chi connectivity index (χ4n) is 1.46. The van der Waals surface area contributed by atoms with E-state index < -0.39 is 11.9 Å². The SMILES string of the molecule is OC(Cc1ccccn1)c1ncccc1F. The van der Waals surface area contributed by atoms with Crippen LogP contribution in [0.3, 0.4) is 0 Å². The lowest BCUT2D eigenvalue weighted by atomic mass is 10.1. The monoisotopic (exact) mass is 218 g/mol. The minimum Gasteiger partial charge on any atom is -0.386 e. The number of rotatable bonds is 3. The highest BCUT2D eigenvalue weighted by Gasteiger charge is 2.14. The van der Waals surface area contributed by atoms with Gasteiger partial charge in [0.15, 0.2) is 0 Å². The Kier molecular flexibility index (Phi) is 3.22. The van der Waals surface area contributed by atoms with Gasteiger partial charge in [0.2, 0.25) is 0 Å². The first kappa shape index (κ1) is 10.7. The van der Waals surface area contributed by atoms with Crippen molar-refractivity contribution in [2.45, 2.75) is 12.5 Å². The Bertz CT molecular complexity index is 462. The molecule has 3 nitrogen and oxygen atoms in total. The molecular formula is C12H11FN2O. The van der Waals surface area contributed by atoms with Crippen molar-refractivity contribution < 1.29 is 9.50 Å². The summed E-state index contributed by atoms with van der Waals surface area (Å²) in [6.45, 7) is 0. The molecule has 0 aromatic carbocycles. The van der Waals surface area contributed by atoms with E-state index >= 15 is 0 Å². The van der Waals surface area contributed by atoms with Crippen LogP contribution in [0.15, 0.2) is 42.7 Å². The summed E-state index contributed by atoms with van der Waals surface area (Å²) >= 11 is 0. The van der Waals surface area contributed by atoms with Crippen LogP contribution >= 0.6 is 0 Å². The molecule has 0 aliphatic carbocycles. The van der Waals surface area contributed by atoms with E-state index in [0.717, 1.165) is 0 Å². The smallest absolute Gasteiger partial charge is 0.147 e. The largest absolute Gasteiger partial charge is 0.386 e. The third kappa shape index (κ3) is 2.41. The molecule has 2 aromatic rings. The van der Waals surface area contributed by atoms with E-state index in [9.17, 15) is 9.50 Å². The van der Waals surface area contributed by atoms with E-state index in [-0.39, 0.29) is 12.1 Å². The molecule has 0 fully saturated rings. The third-order valence-corrected chi connectivity index (χ3v) is 2.23. The van der Waals surface area contributed by atoms with Gasteiger partial charge in [-0.25, -0.2) is 4.39 Å². The van der Waals surface area contributed by atoms with Crippen molar-refractivity contribution in [1.82, 2.24) is 9.97 Å². The summed E-state index contributed by atoms with van der Waals surface area (Å²) in [5, 5.41) is 9.81. The molecule has 1 atom stereocenters. The molecule has 0 spiro atoms. The van der Waals surface area contributed by atoms with Gasteiger partial charge in [-0.05, 0) is 24.3 Å². The van der Waals surface area contributed by atoms with Crippen molar-refractivity contribution in [3.63, 3.8) is 0 Å². The van der Waals surface area contributed by atoms with Crippen molar-refractivity contribution in [3.8, 4) is 0 Å². The molecule has 2 heterocycles. The lowest BCUT2D eigenvalue weighted by Gasteiger charge is -2.09. The van der Waals surface area contributed by atoms with Gasteiger partial charge >= 0.3 is 0 Å². The highest BCUT2D eigenvalue weighted by Crippen LogP contribution is 2.17. The van der Waals surface area contributed by atoms with Gasteiger partial charge in [0.25, 0.3) is 0 Å². The first-order valence-corrected chi connectivity index (χ1v) is 4.96. The zero-order chi connectivity index (χ0) is 11.4. The van der Waals surface area contributed by atoms with Gasteiger partial charge < -0.3 is 5.11 Å². The number of halogens is 1. The van der Waals surface area contributed by atoms with Crippen LogP contribution in [0, 0.1) is 5.82 Å². The number of hydrogen-bond donors (Lipinski definition) is 1. The predicted octanol–water partition coefficient (Wildman–Crippen LogP) is 1.89. The highest BCUT2D eigenvalue weighted by atomic mass is 19.1. The number of nitrogens with zero attached hydrogens (tertiary/aromatic N) is 2. The van der Waals surface area contributed by atoms with Crippen molar-refractivity contribution in [3.05, 3.63) is 59.9 Å². The summed E-state index contributed by atoms with van der Waals surface area (Å²) in [5.74, 6) is -0.495. The second kappa shape index (κ2) is 4.81. The van der Waals surface area contributed by atoms with Gasteiger partial charge in [-0.2, -0.15) is 0 Å². The van der Waals surface area contributed by atoms with E-state index in [1.165, 1.54) is 18.3 Å². The van der Waals surface area contributed by atoms with Gasteiger partial charge in [0.05, 0.1) is 0 Å². The Morgan fingerprint density at radius 2 is 1.94 bits per heavy atom. The van der Waals surface area contributed by atoms with E-state index in [1.807, 2.05) is 6.07 Å².